The van der Waals surface area contributed by atoms with Gasteiger partial charge in [-0.15, -0.1) is 0 Å². The average molecular weight is 703 g/mol. The number of likely N-dealkylation sites (tertiary alicyclic amines) is 1. The quantitative estimate of drug-likeness (QED) is 0.427. The summed E-state index contributed by atoms with van der Waals surface area (Å²) < 4.78 is 55.3. The van der Waals surface area contributed by atoms with Crippen molar-refractivity contribution in [2.75, 3.05) is 51.3 Å². The molecule has 1 aromatic rings. The number of allylic oxidation sites excluding steroid dienone is 1. The Hall–Kier alpha value is -3.10. The van der Waals surface area contributed by atoms with Crippen LogP contribution in [0.2, 0.25) is 0 Å². The zero-order valence-electron chi connectivity index (χ0n) is 30.1. The van der Waals surface area contributed by atoms with Crippen molar-refractivity contribution in [2.24, 2.45) is 11.1 Å². The molecular formula is C36H52F2N6O6. The Morgan fingerprint density at radius 1 is 1.06 bits per heavy atom. The number of anilines is 1. The van der Waals surface area contributed by atoms with Crippen molar-refractivity contribution >= 4 is 23.4 Å². The van der Waals surface area contributed by atoms with Crippen LogP contribution in [0.3, 0.4) is 0 Å². The minimum Gasteiger partial charge on any atom is -0.471 e. The maximum atomic E-state index is 16.6. The van der Waals surface area contributed by atoms with E-state index in [9.17, 15) is 14.0 Å². The van der Waals surface area contributed by atoms with E-state index in [-0.39, 0.29) is 54.6 Å². The molecule has 6 aliphatic rings. The second-order valence-corrected chi connectivity index (χ2v) is 16.2. The molecule has 0 unspecified atom stereocenters. The number of fused-ring (bicyclic) bond motifs is 1. The topological polar surface area (TPSA) is 133 Å². The monoisotopic (exact) mass is 702 g/mol. The Morgan fingerprint density at radius 3 is 2.42 bits per heavy atom. The number of amides is 1. The molecule has 0 radical (unpaired) electrons. The molecule has 1 amide bonds. The van der Waals surface area contributed by atoms with E-state index in [4.69, 9.17) is 29.7 Å². The Morgan fingerprint density at radius 2 is 1.76 bits per heavy atom. The van der Waals surface area contributed by atoms with E-state index >= 15 is 4.39 Å². The summed E-state index contributed by atoms with van der Waals surface area (Å²) in [5.41, 5.74) is 5.33. The van der Waals surface area contributed by atoms with Gasteiger partial charge in [-0.25, -0.2) is 14.2 Å². The van der Waals surface area contributed by atoms with Gasteiger partial charge in [-0.2, -0.15) is 9.37 Å². The van der Waals surface area contributed by atoms with Crippen LogP contribution in [0.1, 0.15) is 97.7 Å². The van der Waals surface area contributed by atoms with Crippen LogP contribution in [0.5, 0.6) is 5.88 Å². The van der Waals surface area contributed by atoms with Crippen molar-refractivity contribution in [1.82, 2.24) is 19.8 Å². The highest BCUT2D eigenvalue weighted by Gasteiger charge is 2.62. The van der Waals surface area contributed by atoms with Crippen LogP contribution >= 0.6 is 0 Å². The smallest absolute Gasteiger partial charge is 0.410 e. The van der Waals surface area contributed by atoms with Crippen molar-refractivity contribution in [3.05, 3.63) is 17.2 Å². The predicted molar refractivity (Wildman–Crippen MR) is 181 cm³/mol. The Kier molecular flexibility index (Phi) is 9.07. The number of carbonyl (C=O) groups is 2. The molecule has 6 fully saturated rings. The summed E-state index contributed by atoms with van der Waals surface area (Å²) in [6.07, 6.45) is 4.60. The van der Waals surface area contributed by atoms with Gasteiger partial charge in [0.25, 0.3) is 5.88 Å². The molecule has 3 aliphatic carbocycles. The van der Waals surface area contributed by atoms with Gasteiger partial charge in [0.15, 0.2) is 23.2 Å². The molecule has 1 aromatic heterocycles. The van der Waals surface area contributed by atoms with Gasteiger partial charge in [-0.05, 0) is 86.1 Å². The average Bonchev–Trinajstić information content (AvgIpc) is 3.47. The molecule has 3 saturated carbocycles. The summed E-state index contributed by atoms with van der Waals surface area (Å²) >= 11 is 0. The number of hydrogen-bond donors (Lipinski definition) is 1. The molecule has 12 nitrogen and oxygen atoms in total. The fourth-order valence-corrected chi connectivity index (χ4v) is 9.09. The van der Waals surface area contributed by atoms with Crippen molar-refractivity contribution in [3.8, 4) is 5.88 Å². The SMILES string of the molecule is C[C@H](Oc1nc(C(N)=C2CCC[C@@]3(CCCCC34OCCO4)C2=O)nc(N2CCN(C(=O)OC(C)(C)C)C3(CC3)C2)c1F)[C@@H]1C[C@@H](F)CN1C. The standard InChI is InChI=1S/C36H52F2N6O6/c1-22(25-19-23(37)20-42(25)5)49-31-26(38)30(43-15-16-44(34(21-43)13-14-34)32(46)50-33(2,3)4)40-29(41-31)27(39)24-9-8-11-35(28(24)45)10-6-7-12-36(35)47-17-18-48-36/h22-23,25H,6-21,39H2,1-5H3/t22-,23+,25-,35-/m0/s1. The number of nitrogens with two attached hydrogens (primary N) is 1. The predicted octanol–water partition coefficient (Wildman–Crippen LogP) is 4.74. The molecule has 4 atom stereocenters. The first-order chi connectivity index (χ1) is 23.7. The molecule has 3 aliphatic heterocycles. The molecule has 0 aromatic carbocycles. The first-order valence-electron chi connectivity index (χ1n) is 18.3. The van der Waals surface area contributed by atoms with E-state index in [0.717, 1.165) is 25.7 Å². The van der Waals surface area contributed by atoms with Crippen LogP contribution in [0.15, 0.2) is 5.57 Å². The second kappa shape index (κ2) is 12.8. The normalized spacial score (nSPS) is 31.1. The molecule has 4 heterocycles. The fourth-order valence-electron chi connectivity index (χ4n) is 9.09. The van der Waals surface area contributed by atoms with E-state index in [2.05, 4.69) is 4.98 Å². The van der Waals surface area contributed by atoms with E-state index in [1.165, 1.54) is 0 Å². The Balaban J connectivity index is 1.25. The van der Waals surface area contributed by atoms with Gasteiger partial charge >= 0.3 is 6.09 Å². The summed E-state index contributed by atoms with van der Waals surface area (Å²) in [4.78, 5) is 42.4. The van der Waals surface area contributed by atoms with Crippen LogP contribution in [-0.2, 0) is 19.0 Å². The number of ether oxygens (including phenoxy) is 4. The van der Waals surface area contributed by atoms with E-state index < -0.39 is 46.5 Å². The highest BCUT2D eigenvalue weighted by atomic mass is 19.1. The number of carbonyl (C=O) groups excluding carboxylic acids is 2. The van der Waals surface area contributed by atoms with E-state index in [1.54, 1.807) is 11.8 Å². The van der Waals surface area contributed by atoms with Gasteiger partial charge < -0.3 is 29.6 Å². The first-order valence-corrected chi connectivity index (χ1v) is 18.3. The van der Waals surface area contributed by atoms with Crippen LogP contribution in [-0.4, -0.2) is 113 Å². The van der Waals surface area contributed by atoms with Crippen LogP contribution in [0, 0.1) is 11.2 Å². The molecule has 7 rings (SSSR count). The lowest BCUT2D eigenvalue weighted by Crippen LogP contribution is -2.58. The number of alkyl halides is 1. The van der Waals surface area contributed by atoms with Gasteiger partial charge in [-0.3, -0.25) is 14.6 Å². The zero-order valence-corrected chi connectivity index (χ0v) is 30.1. The maximum Gasteiger partial charge on any atom is 0.410 e. The number of piperazine rings is 1. The molecule has 0 bridgehead atoms. The number of ketones is 1. The van der Waals surface area contributed by atoms with Crippen LogP contribution in [0.4, 0.5) is 19.4 Å². The minimum atomic E-state index is -1.01. The molecular weight excluding hydrogens is 650 g/mol. The van der Waals surface area contributed by atoms with Crippen LogP contribution < -0.4 is 15.4 Å². The van der Waals surface area contributed by atoms with Crippen LogP contribution in [0.25, 0.3) is 5.70 Å². The van der Waals surface area contributed by atoms with E-state index in [0.29, 0.717) is 64.0 Å². The summed E-state index contributed by atoms with van der Waals surface area (Å²) in [6, 6.07) is -0.289. The number of aromatic nitrogens is 2. The largest absolute Gasteiger partial charge is 0.471 e. The molecule has 2 N–H and O–H groups in total. The summed E-state index contributed by atoms with van der Waals surface area (Å²) in [7, 11) is 1.82. The van der Waals surface area contributed by atoms with Crippen molar-refractivity contribution in [2.45, 2.75) is 127 Å². The fraction of sp³-hybridized carbons (Fsp3) is 0.778. The van der Waals surface area contributed by atoms with Gasteiger partial charge in [0, 0.05) is 44.2 Å². The lowest BCUT2D eigenvalue weighted by atomic mass is 9.59. The minimum absolute atomic E-state index is 0.00433. The van der Waals surface area contributed by atoms with Gasteiger partial charge in [0.2, 0.25) is 5.82 Å². The Labute approximate surface area is 293 Å². The highest BCUT2D eigenvalue weighted by Crippen LogP contribution is 2.56. The summed E-state index contributed by atoms with van der Waals surface area (Å²) in [5, 5.41) is 0. The lowest BCUT2D eigenvalue weighted by molar-refractivity contribution is -0.251. The number of likely N-dealkylation sites (N-methyl/N-ethyl adjacent to an activating group) is 1. The van der Waals surface area contributed by atoms with E-state index in [1.807, 2.05) is 37.6 Å². The third-order valence-electron chi connectivity index (χ3n) is 11.7. The molecule has 50 heavy (non-hydrogen) atoms. The third-order valence-corrected chi connectivity index (χ3v) is 11.7. The molecule has 3 saturated heterocycles. The second-order valence-electron chi connectivity index (χ2n) is 16.2. The number of nitrogens with zero attached hydrogens (tertiary/aromatic N) is 5. The highest BCUT2D eigenvalue weighted by molar-refractivity contribution is 6.06. The van der Waals surface area contributed by atoms with Crippen molar-refractivity contribution in [3.63, 3.8) is 0 Å². The molecule has 3 spiro atoms. The third kappa shape index (κ3) is 6.12. The zero-order chi connectivity index (χ0) is 35.6. The van der Waals surface area contributed by atoms with Gasteiger partial charge in [0.05, 0.1) is 29.9 Å². The maximum absolute atomic E-state index is 16.6. The molecule has 14 heteroatoms. The number of halogens is 2. The summed E-state index contributed by atoms with van der Waals surface area (Å²) in [5.74, 6) is -2.15. The van der Waals surface area contributed by atoms with Gasteiger partial charge in [0.1, 0.15) is 17.9 Å². The Bertz CT molecular complexity index is 1540. The van der Waals surface area contributed by atoms with Crippen molar-refractivity contribution < 1.29 is 37.3 Å². The van der Waals surface area contributed by atoms with Crippen molar-refractivity contribution in [1.29, 1.82) is 0 Å². The molecule has 276 valence electrons. The van der Waals surface area contributed by atoms with Gasteiger partial charge in [-0.1, -0.05) is 6.42 Å². The first kappa shape index (κ1) is 35.3. The number of Topliss-reactive ketones (excluding diaryl/α,β-unsaturated/α-hetero) is 1. The number of hydrogen-bond acceptors (Lipinski definition) is 11. The summed E-state index contributed by atoms with van der Waals surface area (Å²) in [6.45, 7) is 9.34. The number of rotatable bonds is 5. The lowest BCUT2D eigenvalue weighted by Gasteiger charge is -2.51.